The second-order valence-corrected chi connectivity index (χ2v) is 11.2. The molecular formula is C29H27ClF2N10O3. The van der Waals surface area contributed by atoms with Crippen molar-refractivity contribution in [3.63, 3.8) is 0 Å². The average Bonchev–Trinajstić information content (AvgIpc) is 3.47. The van der Waals surface area contributed by atoms with E-state index in [-0.39, 0.29) is 23.7 Å². The number of aromatic amines is 1. The van der Waals surface area contributed by atoms with Gasteiger partial charge >= 0.3 is 12.1 Å². The van der Waals surface area contributed by atoms with Gasteiger partial charge in [0.2, 0.25) is 5.95 Å². The number of rotatable bonds is 8. The Morgan fingerprint density at radius 2 is 1.80 bits per heavy atom. The zero-order valence-electron chi connectivity index (χ0n) is 24.0. The van der Waals surface area contributed by atoms with Crippen LogP contribution in [0.25, 0.3) is 22.5 Å². The predicted molar refractivity (Wildman–Crippen MR) is 158 cm³/mol. The second kappa shape index (κ2) is 12.6. The third-order valence-electron chi connectivity index (χ3n) is 7.79. The number of hydrogen-bond donors (Lipinski definition) is 2. The van der Waals surface area contributed by atoms with E-state index in [2.05, 4.69) is 46.5 Å². The maximum Gasteiger partial charge on any atom is 0.416 e. The van der Waals surface area contributed by atoms with E-state index < -0.39 is 31.0 Å². The number of nitrogens with zero attached hydrogens (tertiary/aromatic N) is 8. The molecule has 4 heterocycles. The molecule has 0 saturated heterocycles. The Morgan fingerprint density at radius 3 is 2.40 bits per heavy atom. The number of aromatic nitrogens is 7. The fourth-order valence-electron chi connectivity index (χ4n) is 5.41. The van der Waals surface area contributed by atoms with E-state index in [1.807, 2.05) is 0 Å². The highest BCUT2D eigenvalue weighted by atomic mass is 35.5. The average molecular weight is 637 g/mol. The van der Waals surface area contributed by atoms with Gasteiger partial charge in [0.15, 0.2) is 0 Å². The van der Waals surface area contributed by atoms with Gasteiger partial charge < -0.3 is 14.8 Å². The lowest BCUT2D eigenvalue weighted by molar-refractivity contribution is -0.143. The summed E-state index contributed by atoms with van der Waals surface area (Å²) in [7, 11) is 1.48. The van der Waals surface area contributed by atoms with Gasteiger partial charge in [-0.15, -0.1) is 0 Å². The Balaban J connectivity index is 1.16. The fourth-order valence-corrected chi connectivity index (χ4v) is 5.59. The molecule has 2 saturated carbocycles. The van der Waals surface area contributed by atoms with E-state index in [1.165, 1.54) is 24.4 Å². The summed E-state index contributed by atoms with van der Waals surface area (Å²) in [5, 5.41) is 19.8. The molecule has 16 heteroatoms. The Hall–Kier alpha value is -4.97. The lowest BCUT2D eigenvalue weighted by Crippen LogP contribution is -2.49. The van der Waals surface area contributed by atoms with Crippen molar-refractivity contribution in [1.82, 2.24) is 35.1 Å². The van der Waals surface area contributed by atoms with Crippen LogP contribution in [0.5, 0.6) is 6.01 Å². The lowest BCUT2D eigenvalue weighted by atomic mass is 9.90. The largest absolute Gasteiger partial charge is 0.467 e. The number of carbonyl (C=O) groups is 1. The first-order chi connectivity index (χ1) is 21.7. The van der Waals surface area contributed by atoms with Gasteiger partial charge in [-0.25, -0.2) is 38.5 Å². The van der Waals surface area contributed by atoms with Crippen molar-refractivity contribution in [2.24, 2.45) is 0 Å². The van der Waals surface area contributed by atoms with E-state index >= 15 is 0 Å². The molecule has 6 rings (SSSR count). The molecule has 2 aliphatic carbocycles. The van der Waals surface area contributed by atoms with E-state index in [0.717, 1.165) is 5.56 Å². The minimum absolute atomic E-state index is 0.0344. The number of methoxy groups -OCH3 is 1. The number of pyridine rings is 1. The molecule has 4 aromatic rings. The number of alkyl halides is 2. The fraction of sp³-hybridized carbons (Fsp3) is 0.379. The number of anilines is 2. The number of nitriles is 1. The first-order valence-corrected chi connectivity index (χ1v) is 14.5. The standard InChI is InChI=1S/C29H27ClF2N10O3/c1-44-27-36-13-18(14-37-27)16-2-7-23(34-11-16)42(28(43)45-21-8-29(31,32)9-21)20-5-3-19(4-6-20)39-26-35-12-17(10-33)24(40-26)25-22(30)15-38-41-25/h2,7,11-15,19-21H,3-6,8-9H2,1H3,(H,38,41)(H,35,39,40). The van der Waals surface area contributed by atoms with Gasteiger partial charge in [0, 0.05) is 54.6 Å². The molecule has 0 atom stereocenters. The molecule has 0 bridgehead atoms. The van der Waals surface area contributed by atoms with Gasteiger partial charge in [0.1, 0.15) is 29.4 Å². The summed E-state index contributed by atoms with van der Waals surface area (Å²) < 4.78 is 37.5. The smallest absolute Gasteiger partial charge is 0.416 e. The predicted octanol–water partition coefficient (Wildman–Crippen LogP) is 5.42. The van der Waals surface area contributed by atoms with E-state index in [4.69, 9.17) is 21.1 Å². The summed E-state index contributed by atoms with van der Waals surface area (Å²) in [4.78, 5) is 36.4. The van der Waals surface area contributed by atoms with Crippen LogP contribution in [0.3, 0.4) is 0 Å². The Bertz CT molecular complexity index is 1700. The Kier molecular flexibility index (Phi) is 8.40. The molecule has 2 fully saturated rings. The van der Waals surface area contributed by atoms with Gasteiger partial charge in [-0.3, -0.25) is 10.00 Å². The van der Waals surface area contributed by atoms with Crippen LogP contribution in [0.2, 0.25) is 5.02 Å². The van der Waals surface area contributed by atoms with Gasteiger partial charge in [-0.1, -0.05) is 11.6 Å². The van der Waals surface area contributed by atoms with Gasteiger partial charge in [-0.2, -0.15) is 10.4 Å². The highest BCUT2D eigenvalue weighted by Gasteiger charge is 2.48. The Labute approximate surface area is 261 Å². The van der Waals surface area contributed by atoms with Crippen LogP contribution in [-0.4, -0.2) is 72.4 Å². The molecule has 0 radical (unpaired) electrons. The van der Waals surface area contributed by atoms with Gasteiger partial charge in [-0.05, 0) is 37.8 Å². The number of carbonyl (C=O) groups excluding carboxylic acids is 1. The van der Waals surface area contributed by atoms with Crippen LogP contribution in [-0.2, 0) is 4.74 Å². The molecule has 45 heavy (non-hydrogen) atoms. The number of hydrogen-bond acceptors (Lipinski definition) is 11. The lowest BCUT2D eigenvalue weighted by Gasteiger charge is -2.39. The number of amides is 1. The molecule has 1 amide bonds. The normalized spacial score (nSPS) is 19.2. The van der Waals surface area contributed by atoms with Crippen molar-refractivity contribution in [3.8, 4) is 34.6 Å². The van der Waals surface area contributed by atoms with E-state index in [1.54, 1.807) is 30.7 Å². The molecule has 0 aromatic carbocycles. The van der Waals surface area contributed by atoms with Crippen LogP contribution in [0.15, 0.2) is 43.1 Å². The van der Waals surface area contributed by atoms with Gasteiger partial charge in [0.25, 0.3) is 5.92 Å². The molecule has 4 aromatic heterocycles. The van der Waals surface area contributed by atoms with Crippen molar-refractivity contribution >= 4 is 29.5 Å². The van der Waals surface area contributed by atoms with E-state index in [0.29, 0.717) is 59.4 Å². The zero-order chi connectivity index (χ0) is 31.6. The monoisotopic (exact) mass is 636 g/mol. The molecule has 2 N–H and O–H groups in total. The van der Waals surface area contributed by atoms with Crippen molar-refractivity contribution in [3.05, 3.63) is 53.7 Å². The first kappa shape index (κ1) is 30.1. The van der Waals surface area contributed by atoms with Gasteiger partial charge in [0.05, 0.1) is 30.1 Å². The molecule has 0 spiro atoms. The van der Waals surface area contributed by atoms with Crippen molar-refractivity contribution < 1.29 is 23.0 Å². The molecular weight excluding hydrogens is 610 g/mol. The minimum Gasteiger partial charge on any atom is -0.467 e. The number of H-pyrrole nitrogens is 1. The molecule has 2 aliphatic rings. The molecule has 0 unspecified atom stereocenters. The molecule has 232 valence electrons. The highest BCUT2D eigenvalue weighted by molar-refractivity contribution is 6.32. The van der Waals surface area contributed by atoms with Crippen LogP contribution in [0, 0.1) is 11.3 Å². The summed E-state index contributed by atoms with van der Waals surface area (Å²) in [6.07, 6.45) is 7.50. The van der Waals surface area contributed by atoms with Crippen LogP contribution in [0.1, 0.15) is 44.1 Å². The zero-order valence-corrected chi connectivity index (χ0v) is 24.7. The number of nitrogens with one attached hydrogen (secondary N) is 2. The van der Waals surface area contributed by atoms with Crippen LogP contribution < -0.4 is 15.0 Å². The van der Waals surface area contributed by atoms with E-state index in [9.17, 15) is 18.8 Å². The van der Waals surface area contributed by atoms with Crippen molar-refractivity contribution in [2.75, 3.05) is 17.3 Å². The van der Waals surface area contributed by atoms with Crippen LogP contribution in [0.4, 0.5) is 25.3 Å². The molecule has 0 aliphatic heterocycles. The summed E-state index contributed by atoms with van der Waals surface area (Å²) in [5.74, 6) is -2.16. The number of halogens is 3. The summed E-state index contributed by atoms with van der Waals surface area (Å²) in [6, 6.07) is 5.44. The summed E-state index contributed by atoms with van der Waals surface area (Å²) in [6.45, 7) is 0. The van der Waals surface area contributed by atoms with Crippen molar-refractivity contribution in [1.29, 1.82) is 5.26 Å². The number of ether oxygens (including phenoxy) is 2. The first-order valence-electron chi connectivity index (χ1n) is 14.2. The second-order valence-electron chi connectivity index (χ2n) is 10.8. The van der Waals surface area contributed by atoms with Crippen LogP contribution >= 0.6 is 11.6 Å². The highest BCUT2D eigenvalue weighted by Crippen LogP contribution is 2.40. The minimum atomic E-state index is -2.82. The summed E-state index contributed by atoms with van der Waals surface area (Å²) >= 11 is 6.20. The third-order valence-corrected chi connectivity index (χ3v) is 8.08. The summed E-state index contributed by atoms with van der Waals surface area (Å²) in [5.41, 5.74) is 2.41. The quantitative estimate of drug-likeness (QED) is 0.253. The third kappa shape index (κ3) is 6.60. The topological polar surface area (TPSA) is 168 Å². The Morgan fingerprint density at radius 1 is 1.07 bits per heavy atom. The molecule has 13 nitrogen and oxygen atoms in total. The van der Waals surface area contributed by atoms with Crippen molar-refractivity contribution in [2.45, 2.75) is 62.6 Å². The maximum atomic E-state index is 13.5. The maximum absolute atomic E-state index is 13.5. The SMILES string of the molecule is COc1ncc(-c2ccc(N(C(=O)OC3CC(F)(F)C3)C3CCC(Nc4ncc(C#N)c(-c5[nH]ncc5Cl)n4)CC3)nc2)cn1.